The van der Waals surface area contributed by atoms with Crippen LogP contribution in [0, 0.1) is 5.41 Å². The van der Waals surface area contributed by atoms with Crippen molar-refractivity contribution in [3.8, 4) is 0 Å². The number of hydrogen-bond acceptors (Lipinski definition) is 6. The van der Waals surface area contributed by atoms with Crippen LogP contribution in [0.3, 0.4) is 0 Å². The summed E-state index contributed by atoms with van der Waals surface area (Å²) >= 11 is 0. The van der Waals surface area contributed by atoms with E-state index in [0.29, 0.717) is 12.4 Å². The molecule has 0 bridgehead atoms. The monoisotopic (exact) mass is 267 g/mol. The molecule has 0 saturated carbocycles. The SMILES string of the molecule is COC(=O)c1nccc(NCC(C)(C)CCCO)n1. The average Bonchev–Trinajstić information content (AvgIpc) is 2.42. The van der Waals surface area contributed by atoms with Crippen molar-refractivity contribution in [2.45, 2.75) is 26.7 Å². The first-order chi connectivity index (χ1) is 8.98. The molecule has 0 atom stereocenters. The van der Waals surface area contributed by atoms with Crippen LogP contribution in [-0.4, -0.2) is 41.3 Å². The molecule has 0 spiro atoms. The number of rotatable bonds is 7. The van der Waals surface area contributed by atoms with E-state index in [0.717, 1.165) is 12.8 Å². The number of hydrogen-bond donors (Lipinski definition) is 2. The van der Waals surface area contributed by atoms with Gasteiger partial charge < -0.3 is 15.2 Å². The van der Waals surface area contributed by atoms with E-state index in [1.807, 2.05) is 0 Å². The normalized spacial score (nSPS) is 11.2. The topological polar surface area (TPSA) is 84.3 Å². The van der Waals surface area contributed by atoms with E-state index < -0.39 is 5.97 Å². The molecule has 6 nitrogen and oxygen atoms in total. The van der Waals surface area contributed by atoms with Crippen molar-refractivity contribution in [3.63, 3.8) is 0 Å². The van der Waals surface area contributed by atoms with E-state index in [2.05, 4.69) is 33.9 Å². The standard InChI is InChI=1S/C13H21N3O3/c1-13(2,6-4-8-17)9-15-10-5-7-14-11(16-10)12(18)19-3/h5,7,17H,4,6,8-9H2,1-3H3,(H,14,15,16). The van der Waals surface area contributed by atoms with Gasteiger partial charge in [0.25, 0.3) is 0 Å². The molecule has 1 rings (SSSR count). The predicted molar refractivity (Wildman–Crippen MR) is 72.0 cm³/mol. The number of anilines is 1. The van der Waals surface area contributed by atoms with Crippen LogP contribution in [0.2, 0.25) is 0 Å². The summed E-state index contributed by atoms with van der Waals surface area (Å²) in [5, 5.41) is 12.0. The third-order valence-corrected chi connectivity index (χ3v) is 2.78. The van der Waals surface area contributed by atoms with Gasteiger partial charge in [0, 0.05) is 19.3 Å². The zero-order valence-electron chi connectivity index (χ0n) is 11.6. The lowest BCUT2D eigenvalue weighted by Gasteiger charge is -2.24. The largest absolute Gasteiger partial charge is 0.463 e. The minimum atomic E-state index is -0.553. The Balaban J connectivity index is 2.60. The summed E-state index contributed by atoms with van der Waals surface area (Å²) in [6.07, 6.45) is 3.19. The molecule has 19 heavy (non-hydrogen) atoms. The van der Waals surface area contributed by atoms with Crippen molar-refractivity contribution < 1.29 is 14.6 Å². The summed E-state index contributed by atoms with van der Waals surface area (Å²) in [6, 6.07) is 1.70. The fourth-order valence-electron chi connectivity index (χ4n) is 1.62. The van der Waals surface area contributed by atoms with Gasteiger partial charge in [-0.05, 0) is 24.3 Å². The van der Waals surface area contributed by atoms with Gasteiger partial charge in [-0.15, -0.1) is 0 Å². The van der Waals surface area contributed by atoms with Crippen molar-refractivity contribution in [2.24, 2.45) is 5.41 Å². The third-order valence-electron chi connectivity index (χ3n) is 2.78. The minimum absolute atomic E-state index is 0.0408. The average molecular weight is 267 g/mol. The number of nitrogens with one attached hydrogen (secondary N) is 1. The quantitative estimate of drug-likeness (QED) is 0.728. The molecular weight excluding hydrogens is 246 g/mol. The van der Waals surface area contributed by atoms with Crippen molar-refractivity contribution in [3.05, 3.63) is 18.1 Å². The Bertz CT molecular complexity index is 421. The van der Waals surface area contributed by atoms with Gasteiger partial charge in [0.05, 0.1) is 7.11 Å². The molecule has 6 heteroatoms. The number of esters is 1. The van der Waals surface area contributed by atoms with Crippen LogP contribution in [0.5, 0.6) is 0 Å². The maximum absolute atomic E-state index is 11.3. The molecule has 0 aliphatic rings. The van der Waals surface area contributed by atoms with E-state index in [-0.39, 0.29) is 17.8 Å². The molecule has 1 heterocycles. The van der Waals surface area contributed by atoms with Gasteiger partial charge in [-0.25, -0.2) is 14.8 Å². The van der Waals surface area contributed by atoms with Crippen molar-refractivity contribution in [1.82, 2.24) is 9.97 Å². The number of carbonyl (C=O) groups excluding carboxylic acids is 1. The third kappa shape index (κ3) is 5.21. The number of carbonyl (C=O) groups is 1. The first-order valence-electron chi connectivity index (χ1n) is 6.24. The second-order valence-corrected chi connectivity index (χ2v) is 5.10. The smallest absolute Gasteiger partial charge is 0.376 e. The van der Waals surface area contributed by atoms with E-state index in [1.165, 1.54) is 13.3 Å². The molecule has 0 aliphatic heterocycles. The second-order valence-electron chi connectivity index (χ2n) is 5.10. The number of ether oxygens (including phenoxy) is 1. The molecule has 1 aromatic rings. The minimum Gasteiger partial charge on any atom is -0.463 e. The van der Waals surface area contributed by atoms with Gasteiger partial charge in [0.1, 0.15) is 5.82 Å². The number of aliphatic hydroxyl groups is 1. The van der Waals surface area contributed by atoms with E-state index in [4.69, 9.17) is 5.11 Å². The molecule has 0 unspecified atom stereocenters. The zero-order chi connectivity index (χ0) is 14.3. The fraction of sp³-hybridized carbons (Fsp3) is 0.615. The van der Waals surface area contributed by atoms with Gasteiger partial charge in [0.15, 0.2) is 0 Å². The Hall–Kier alpha value is -1.69. The molecule has 0 saturated heterocycles. The van der Waals surface area contributed by atoms with Crippen LogP contribution < -0.4 is 5.32 Å². The van der Waals surface area contributed by atoms with Crippen LogP contribution in [0.4, 0.5) is 5.82 Å². The van der Waals surface area contributed by atoms with E-state index >= 15 is 0 Å². The van der Waals surface area contributed by atoms with Crippen molar-refractivity contribution in [2.75, 3.05) is 25.6 Å². The molecule has 2 N–H and O–H groups in total. The highest BCUT2D eigenvalue weighted by molar-refractivity contribution is 5.85. The van der Waals surface area contributed by atoms with Gasteiger partial charge in [-0.2, -0.15) is 0 Å². The molecular formula is C13H21N3O3. The summed E-state index contributed by atoms with van der Waals surface area (Å²) in [5.41, 5.74) is 0.0408. The number of nitrogens with zero attached hydrogens (tertiary/aromatic N) is 2. The maximum Gasteiger partial charge on any atom is 0.376 e. The van der Waals surface area contributed by atoms with E-state index in [1.54, 1.807) is 6.07 Å². The van der Waals surface area contributed by atoms with Crippen LogP contribution in [0.1, 0.15) is 37.3 Å². The lowest BCUT2D eigenvalue weighted by Crippen LogP contribution is -2.24. The first kappa shape index (κ1) is 15.4. The first-order valence-corrected chi connectivity index (χ1v) is 6.24. The highest BCUT2D eigenvalue weighted by Gasteiger charge is 2.17. The lowest BCUT2D eigenvalue weighted by atomic mass is 9.88. The Morgan fingerprint density at radius 2 is 2.26 bits per heavy atom. The summed E-state index contributed by atoms with van der Waals surface area (Å²) in [7, 11) is 1.30. The lowest BCUT2D eigenvalue weighted by molar-refractivity contribution is 0.0587. The predicted octanol–water partition coefficient (Wildman–Crippen LogP) is 1.47. The molecule has 0 aromatic carbocycles. The Kier molecular flexibility index (Phi) is 5.69. The molecule has 0 fully saturated rings. The molecule has 1 aromatic heterocycles. The summed E-state index contributed by atoms with van der Waals surface area (Å²) in [5.74, 6) is 0.0799. The molecule has 106 valence electrons. The molecule has 0 radical (unpaired) electrons. The van der Waals surface area contributed by atoms with Crippen LogP contribution in [-0.2, 0) is 4.74 Å². The van der Waals surface area contributed by atoms with Crippen molar-refractivity contribution in [1.29, 1.82) is 0 Å². The van der Waals surface area contributed by atoms with Gasteiger partial charge >= 0.3 is 5.97 Å². The van der Waals surface area contributed by atoms with Gasteiger partial charge in [0.2, 0.25) is 5.82 Å². The number of aliphatic hydroxyl groups excluding tert-OH is 1. The van der Waals surface area contributed by atoms with Crippen LogP contribution >= 0.6 is 0 Å². The highest BCUT2D eigenvalue weighted by Crippen LogP contribution is 2.22. The number of aromatic nitrogens is 2. The van der Waals surface area contributed by atoms with Gasteiger partial charge in [-0.1, -0.05) is 13.8 Å². The maximum atomic E-state index is 11.3. The van der Waals surface area contributed by atoms with Crippen LogP contribution in [0.25, 0.3) is 0 Å². The zero-order valence-corrected chi connectivity index (χ0v) is 11.6. The molecule has 0 aliphatic carbocycles. The summed E-state index contributed by atoms with van der Waals surface area (Å²) in [6.45, 7) is 5.12. The summed E-state index contributed by atoms with van der Waals surface area (Å²) in [4.78, 5) is 19.2. The highest BCUT2D eigenvalue weighted by atomic mass is 16.5. The fourth-order valence-corrected chi connectivity index (χ4v) is 1.62. The Morgan fingerprint density at radius 1 is 1.53 bits per heavy atom. The Labute approximate surface area is 113 Å². The number of methoxy groups -OCH3 is 1. The van der Waals surface area contributed by atoms with Crippen LogP contribution in [0.15, 0.2) is 12.3 Å². The van der Waals surface area contributed by atoms with Gasteiger partial charge in [-0.3, -0.25) is 0 Å². The van der Waals surface area contributed by atoms with Crippen molar-refractivity contribution >= 4 is 11.8 Å². The Morgan fingerprint density at radius 3 is 2.89 bits per heavy atom. The second kappa shape index (κ2) is 7.04. The summed E-state index contributed by atoms with van der Waals surface area (Å²) < 4.78 is 4.57. The van der Waals surface area contributed by atoms with E-state index in [9.17, 15) is 4.79 Å². The molecule has 0 amide bonds.